The number of halogens is 1. The minimum Gasteiger partial charge on any atom is -0.384 e. The number of hydrogen-bond donors (Lipinski definition) is 2. The van der Waals surface area contributed by atoms with Crippen molar-refractivity contribution < 1.29 is 9.59 Å². The Morgan fingerprint density at radius 1 is 1.16 bits per heavy atom. The summed E-state index contributed by atoms with van der Waals surface area (Å²) in [5, 5.41) is 15.0. The van der Waals surface area contributed by atoms with Crippen molar-refractivity contribution in [2.24, 2.45) is 0 Å². The highest BCUT2D eigenvalue weighted by atomic mass is 79.9. The number of nitriles is 1. The highest BCUT2D eigenvalue weighted by Gasteiger charge is 2.08. The third kappa shape index (κ3) is 5.44. The molecule has 5 nitrogen and oxygen atoms in total. The van der Waals surface area contributed by atoms with Crippen molar-refractivity contribution in [1.29, 1.82) is 5.26 Å². The molecule has 0 aliphatic rings. The van der Waals surface area contributed by atoms with E-state index in [1.165, 1.54) is 6.92 Å². The molecule has 0 heterocycles. The van der Waals surface area contributed by atoms with Crippen molar-refractivity contribution in [2.45, 2.75) is 13.3 Å². The minimum absolute atomic E-state index is 0.0602. The SMILES string of the molecule is CC(=O)c1ccc(C#N)cc1NCCCNC(=O)c1cccc(Br)c1. The number of benzene rings is 2. The summed E-state index contributed by atoms with van der Waals surface area (Å²) in [7, 11) is 0. The topological polar surface area (TPSA) is 82.0 Å². The van der Waals surface area contributed by atoms with Gasteiger partial charge in [-0.25, -0.2) is 0 Å². The molecule has 0 atom stereocenters. The average molecular weight is 400 g/mol. The van der Waals surface area contributed by atoms with Crippen LogP contribution in [-0.4, -0.2) is 24.8 Å². The lowest BCUT2D eigenvalue weighted by atomic mass is 10.1. The van der Waals surface area contributed by atoms with Crippen molar-refractivity contribution in [3.05, 3.63) is 63.6 Å². The molecule has 0 aromatic heterocycles. The molecule has 0 aliphatic heterocycles. The fourth-order valence-electron chi connectivity index (χ4n) is 2.31. The predicted molar refractivity (Wildman–Crippen MR) is 101 cm³/mol. The van der Waals surface area contributed by atoms with Crippen LogP contribution in [0.4, 0.5) is 5.69 Å². The quantitative estimate of drug-likeness (QED) is 0.548. The molecule has 0 bridgehead atoms. The molecule has 128 valence electrons. The maximum atomic E-state index is 12.0. The molecule has 2 N–H and O–H groups in total. The van der Waals surface area contributed by atoms with Gasteiger partial charge in [-0.15, -0.1) is 0 Å². The van der Waals surface area contributed by atoms with E-state index in [2.05, 4.69) is 32.6 Å². The predicted octanol–water partition coefficient (Wildman–Crippen LogP) is 3.76. The lowest BCUT2D eigenvalue weighted by molar-refractivity contribution is 0.0952. The number of nitrogens with zero attached hydrogens (tertiary/aromatic N) is 1. The van der Waals surface area contributed by atoms with Gasteiger partial charge in [0.1, 0.15) is 0 Å². The average Bonchev–Trinajstić information content (AvgIpc) is 2.60. The van der Waals surface area contributed by atoms with Gasteiger partial charge in [-0.1, -0.05) is 22.0 Å². The highest BCUT2D eigenvalue weighted by Crippen LogP contribution is 2.18. The van der Waals surface area contributed by atoms with Gasteiger partial charge in [0.05, 0.1) is 11.6 Å². The van der Waals surface area contributed by atoms with Crippen LogP contribution < -0.4 is 10.6 Å². The summed E-state index contributed by atoms with van der Waals surface area (Å²) in [6.45, 7) is 2.57. The monoisotopic (exact) mass is 399 g/mol. The first kappa shape index (κ1) is 18.7. The fraction of sp³-hybridized carbons (Fsp3) is 0.211. The number of hydrogen-bond acceptors (Lipinski definition) is 4. The van der Waals surface area contributed by atoms with E-state index in [1.807, 2.05) is 12.1 Å². The van der Waals surface area contributed by atoms with Gasteiger partial charge in [-0.05, 0) is 49.7 Å². The molecule has 0 saturated carbocycles. The van der Waals surface area contributed by atoms with Crippen LogP contribution in [0.25, 0.3) is 0 Å². The Morgan fingerprint density at radius 2 is 1.96 bits per heavy atom. The first-order valence-electron chi connectivity index (χ1n) is 7.84. The van der Waals surface area contributed by atoms with Crippen molar-refractivity contribution in [3.63, 3.8) is 0 Å². The van der Waals surface area contributed by atoms with E-state index >= 15 is 0 Å². The summed E-state index contributed by atoms with van der Waals surface area (Å²) < 4.78 is 0.857. The zero-order chi connectivity index (χ0) is 18.2. The maximum absolute atomic E-state index is 12.0. The largest absolute Gasteiger partial charge is 0.384 e. The Hall–Kier alpha value is -2.65. The highest BCUT2D eigenvalue weighted by molar-refractivity contribution is 9.10. The lowest BCUT2D eigenvalue weighted by Crippen LogP contribution is -2.25. The summed E-state index contributed by atoms with van der Waals surface area (Å²) in [4.78, 5) is 23.7. The zero-order valence-electron chi connectivity index (χ0n) is 13.8. The number of ketones is 1. The normalized spacial score (nSPS) is 9.96. The Balaban J connectivity index is 1.84. The summed E-state index contributed by atoms with van der Waals surface area (Å²) in [5.74, 6) is -0.188. The number of nitrogens with one attached hydrogen (secondary N) is 2. The Bertz CT molecular complexity index is 828. The summed E-state index contributed by atoms with van der Waals surface area (Å²) in [5.41, 5.74) is 2.29. The van der Waals surface area contributed by atoms with Crippen LogP contribution in [-0.2, 0) is 0 Å². The molecule has 2 aromatic carbocycles. The van der Waals surface area contributed by atoms with Gasteiger partial charge < -0.3 is 10.6 Å². The van der Waals surface area contributed by atoms with E-state index in [1.54, 1.807) is 30.3 Å². The van der Waals surface area contributed by atoms with Crippen molar-refractivity contribution in [2.75, 3.05) is 18.4 Å². The lowest BCUT2D eigenvalue weighted by Gasteiger charge is -2.11. The maximum Gasteiger partial charge on any atom is 0.251 e. The fourth-order valence-corrected chi connectivity index (χ4v) is 2.71. The van der Waals surface area contributed by atoms with E-state index in [4.69, 9.17) is 5.26 Å². The number of carbonyl (C=O) groups excluding carboxylic acids is 2. The van der Waals surface area contributed by atoms with Crippen LogP contribution >= 0.6 is 15.9 Å². The van der Waals surface area contributed by atoms with Crippen LogP contribution in [0.1, 0.15) is 39.6 Å². The smallest absolute Gasteiger partial charge is 0.251 e. The van der Waals surface area contributed by atoms with Crippen molar-refractivity contribution in [3.8, 4) is 6.07 Å². The Kier molecular flexibility index (Phi) is 6.72. The van der Waals surface area contributed by atoms with Gasteiger partial charge in [0.2, 0.25) is 0 Å². The van der Waals surface area contributed by atoms with Gasteiger partial charge in [-0.3, -0.25) is 9.59 Å². The van der Waals surface area contributed by atoms with E-state index in [9.17, 15) is 9.59 Å². The zero-order valence-corrected chi connectivity index (χ0v) is 15.4. The van der Waals surface area contributed by atoms with E-state index in [0.29, 0.717) is 41.9 Å². The Morgan fingerprint density at radius 3 is 2.64 bits per heavy atom. The third-order valence-corrected chi connectivity index (χ3v) is 4.06. The van der Waals surface area contributed by atoms with Gasteiger partial charge in [-0.2, -0.15) is 5.26 Å². The third-order valence-electron chi connectivity index (χ3n) is 3.57. The van der Waals surface area contributed by atoms with Crippen molar-refractivity contribution in [1.82, 2.24) is 5.32 Å². The molecule has 25 heavy (non-hydrogen) atoms. The molecule has 2 aromatic rings. The first-order valence-corrected chi connectivity index (χ1v) is 8.63. The molecular formula is C19H18BrN3O2. The summed E-state index contributed by atoms with van der Waals surface area (Å²) >= 11 is 3.34. The molecule has 2 rings (SSSR count). The second kappa shape index (κ2) is 9.00. The van der Waals surface area contributed by atoms with Gasteiger partial charge in [0.25, 0.3) is 5.91 Å². The van der Waals surface area contributed by atoms with Gasteiger partial charge in [0, 0.05) is 34.4 Å². The van der Waals surface area contributed by atoms with Crippen LogP contribution in [0.2, 0.25) is 0 Å². The van der Waals surface area contributed by atoms with Gasteiger partial charge >= 0.3 is 0 Å². The van der Waals surface area contributed by atoms with E-state index in [-0.39, 0.29) is 11.7 Å². The number of anilines is 1. The minimum atomic E-state index is -0.128. The van der Waals surface area contributed by atoms with Crippen LogP contribution in [0.3, 0.4) is 0 Å². The molecule has 0 unspecified atom stereocenters. The molecular weight excluding hydrogens is 382 g/mol. The molecule has 0 saturated heterocycles. The molecule has 6 heteroatoms. The molecule has 0 aliphatic carbocycles. The van der Waals surface area contributed by atoms with Crippen molar-refractivity contribution >= 4 is 33.3 Å². The standard InChI is InChI=1S/C19H18BrN3O2/c1-13(24)17-7-6-14(12-21)10-18(17)22-8-3-9-23-19(25)15-4-2-5-16(20)11-15/h2,4-7,10-11,22H,3,8-9H2,1H3,(H,23,25). The second-order valence-corrected chi connectivity index (χ2v) is 6.39. The van der Waals surface area contributed by atoms with E-state index in [0.717, 1.165) is 4.47 Å². The summed E-state index contributed by atoms with van der Waals surface area (Å²) in [6, 6.07) is 14.2. The second-order valence-electron chi connectivity index (χ2n) is 5.47. The first-order chi connectivity index (χ1) is 12.0. The van der Waals surface area contributed by atoms with Crippen LogP contribution in [0.15, 0.2) is 46.9 Å². The number of amides is 1. The van der Waals surface area contributed by atoms with Crippen LogP contribution in [0.5, 0.6) is 0 Å². The number of Topliss-reactive ketones (excluding diaryl/α,β-unsaturated/α-hetero) is 1. The molecule has 0 fully saturated rings. The number of carbonyl (C=O) groups is 2. The number of rotatable bonds is 7. The molecule has 0 spiro atoms. The van der Waals surface area contributed by atoms with E-state index < -0.39 is 0 Å². The molecule has 0 radical (unpaired) electrons. The Labute approximate surface area is 155 Å². The molecule has 1 amide bonds. The van der Waals surface area contributed by atoms with Crippen LogP contribution in [0, 0.1) is 11.3 Å². The van der Waals surface area contributed by atoms with Gasteiger partial charge in [0.15, 0.2) is 5.78 Å². The summed E-state index contributed by atoms with van der Waals surface area (Å²) in [6.07, 6.45) is 0.688.